The largest absolute Gasteiger partial charge is 0.495 e. The van der Waals surface area contributed by atoms with E-state index < -0.39 is 0 Å². The molecule has 1 amide bonds. The van der Waals surface area contributed by atoms with Crippen LogP contribution >= 0.6 is 11.3 Å². The smallest absolute Gasteiger partial charge is 0.262 e. The lowest BCUT2D eigenvalue weighted by Crippen LogP contribution is -2.20. The van der Waals surface area contributed by atoms with Crippen LogP contribution in [-0.2, 0) is 11.2 Å². The average Bonchev–Trinajstić information content (AvgIpc) is 3.34. The summed E-state index contributed by atoms with van der Waals surface area (Å²) in [5.74, 6) is 1.77. The summed E-state index contributed by atoms with van der Waals surface area (Å²) in [6.07, 6.45) is 0.745. The number of amides is 1. The highest BCUT2D eigenvalue weighted by Crippen LogP contribution is 2.33. The molecule has 0 saturated carbocycles. The lowest BCUT2D eigenvalue weighted by Gasteiger charge is -2.12. The van der Waals surface area contributed by atoms with E-state index in [1.165, 1.54) is 11.3 Å². The van der Waals surface area contributed by atoms with E-state index in [-0.39, 0.29) is 12.5 Å². The number of nitrogens with one attached hydrogen (secondary N) is 1. The zero-order chi connectivity index (χ0) is 21.1. The molecule has 0 unspecified atom stereocenters. The standard InChI is InChI=1S/C21H21N5O3S/c1-4-18-23-24-21-26(18)25-20(30-21)14-9-10-17(28-3)15(11-14)22-19(27)12-29-16-8-6-5-7-13(16)2/h5-11H,4,12H2,1-3H3,(H,22,27). The highest BCUT2D eigenvalue weighted by atomic mass is 32.1. The number of para-hydroxylation sites is 1. The Labute approximate surface area is 177 Å². The molecule has 0 aliphatic heterocycles. The molecule has 2 aromatic carbocycles. The van der Waals surface area contributed by atoms with Crippen molar-refractivity contribution >= 4 is 27.9 Å². The molecule has 9 heteroatoms. The Kier molecular flexibility index (Phi) is 5.62. The maximum absolute atomic E-state index is 12.5. The molecule has 4 aromatic rings. The van der Waals surface area contributed by atoms with E-state index in [0.717, 1.165) is 33.3 Å². The number of hydrogen-bond donors (Lipinski definition) is 1. The Morgan fingerprint density at radius 1 is 1.17 bits per heavy atom. The highest BCUT2D eigenvalue weighted by molar-refractivity contribution is 7.19. The first-order valence-corrected chi connectivity index (χ1v) is 10.3. The van der Waals surface area contributed by atoms with E-state index in [1.807, 2.05) is 50.2 Å². The van der Waals surface area contributed by atoms with Gasteiger partial charge in [0.25, 0.3) is 5.91 Å². The summed E-state index contributed by atoms with van der Waals surface area (Å²) in [6.45, 7) is 3.84. The topological polar surface area (TPSA) is 90.6 Å². The summed E-state index contributed by atoms with van der Waals surface area (Å²) < 4.78 is 12.8. The third kappa shape index (κ3) is 3.97. The van der Waals surface area contributed by atoms with Crippen LogP contribution in [-0.4, -0.2) is 39.4 Å². The molecule has 0 aliphatic rings. The monoisotopic (exact) mass is 423 g/mol. The van der Waals surface area contributed by atoms with Gasteiger partial charge in [-0.25, -0.2) is 0 Å². The van der Waals surface area contributed by atoms with Crippen molar-refractivity contribution in [3.63, 3.8) is 0 Å². The van der Waals surface area contributed by atoms with Crippen LogP contribution in [0, 0.1) is 6.92 Å². The van der Waals surface area contributed by atoms with Gasteiger partial charge in [0, 0.05) is 12.0 Å². The molecule has 2 aromatic heterocycles. The van der Waals surface area contributed by atoms with Gasteiger partial charge in [0.1, 0.15) is 16.5 Å². The van der Waals surface area contributed by atoms with Crippen molar-refractivity contribution in [2.75, 3.05) is 19.0 Å². The fourth-order valence-electron chi connectivity index (χ4n) is 2.98. The normalized spacial score (nSPS) is 10.9. The first-order chi connectivity index (χ1) is 14.6. The van der Waals surface area contributed by atoms with Crippen molar-refractivity contribution in [2.24, 2.45) is 0 Å². The van der Waals surface area contributed by atoms with Gasteiger partial charge in [0.2, 0.25) is 4.96 Å². The minimum atomic E-state index is -0.278. The second kappa shape index (κ2) is 8.50. The van der Waals surface area contributed by atoms with E-state index in [4.69, 9.17) is 9.47 Å². The minimum Gasteiger partial charge on any atom is -0.495 e. The first-order valence-electron chi connectivity index (χ1n) is 9.47. The highest BCUT2D eigenvalue weighted by Gasteiger charge is 2.15. The number of rotatable bonds is 7. The number of hydrogen-bond acceptors (Lipinski definition) is 7. The zero-order valence-corrected chi connectivity index (χ0v) is 17.7. The number of carbonyl (C=O) groups is 1. The molecule has 8 nitrogen and oxygen atoms in total. The molecular formula is C21H21N5O3S. The van der Waals surface area contributed by atoms with Crippen LogP contribution in [0.1, 0.15) is 18.3 Å². The third-order valence-corrected chi connectivity index (χ3v) is 5.49. The van der Waals surface area contributed by atoms with Gasteiger partial charge < -0.3 is 14.8 Å². The number of benzene rings is 2. The Balaban J connectivity index is 1.54. The Hall–Kier alpha value is -3.46. The Bertz CT molecular complexity index is 1200. The molecule has 1 N–H and O–H groups in total. The van der Waals surface area contributed by atoms with Crippen molar-refractivity contribution in [3.05, 3.63) is 53.9 Å². The van der Waals surface area contributed by atoms with Gasteiger partial charge in [-0.1, -0.05) is 36.5 Å². The maximum Gasteiger partial charge on any atom is 0.262 e. The minimum absolute atomic E-state index is 0.102. The zero-order valence-electron chi connectivity index (χ0n) is 16.9. The number of methoxy groups -OCH3 is 1. The number of anilines is 1. The van der Waals surface area contributed by atoms with Crippen molar-refractivity contribution in [3.8, 4) is 22.1 Å². The van der Waals surface area contributed by atoms with Crippen LogP contribution in [0.15, 0.2) is 42.5 Å². The van der Waals surface area contributed by atoms with Crippen LogP contribution in [0.5, 0.6) is 11.5 Å². The van der Waals surface area contributed by atoms with Gasteiger partial charge in [0.05, 0.1) is 12.8 Å². The lowest BCUT2D eigenvalue weighted by molar-refractivity contribution is -0.118. The van der Waals surface area contributed by atoms with Crippen LogP contribution in [0.2, 0.25) is 0 Å². The molecule has 0 spiro atoms. The number of nitrogens with zero attached hydrogens (tertiary/aromatic N) is 4. The Morgan fingerprint density at radius 3 is 2.77 bits per heavy atom. The van der Waals surface area contributed by atoms with Crippen LogP contribution in [0.4, 0.5) is 5.69 Å². The molecule has 0 fully saturated rings. The summed E-state index contributed by atoms with van der Waals surface area (Å²) in [6, 6.07) is 13.1. The lowest BCUT2D eigenvalue weighted by atomic mass is 10.2. The van der Waals surface area contributed by atoms with E-state index >= 15 is 0 Å². The number of carbonyl (C=O) groups excluding carboxylic acids is 1. The molecule has 0 bridgehead atoms. The fourth-order valence-corrected chi connectivity index (χ4v) is 3.84. The van der Waals surface area contributed by atoms with E-state index in [9.17, 15) is 4.79 Å². The van der Waals surface area contributed by atoms with Crippen molar-refractivity contribution < 1.29 is 14.3 Å². The summed E-state index contributed by atoms with van der Waals surface area (Å²) in [5, 5.41) is 16.5. The fraction of sp³-hybridized carbons (Fsp3) is 0.238. The van der Waals surface area contributed by atoms with Crippen molar-refractivity contribution in [2.45, 2.75) is 20.3 Å². The molecule has 154 valence electrons. The van der Waals surface area contributed by atoms with E-state index in [0.29, 0.717) is 17.2 Å². The molecule has 2 heterocycles. The predicted octanol–water partition coefficient (Wildman–Crippen LogP) is 3.75. The van der Waals surface area contributed by atoms with Crippen molar-refractivity contribution in [1.82, 2.24) is 19.8 Å². The summed E-state index contributed by atoms with van der Waals surface area (Å²) in [4.78, 5) is 13.2. The third-order valence-electron chi connectivity index (χ3n) is 4.54. The Morgan fingerprint density at radius 2 is 2.00 bits per heavy atom. The molecule has 0 saturated heterocycles. The summed E-state index contributed by atoms with van der Waals surface area (Å²) in [5.41, 5.74) is 2.37. The second-order valence-corrected chi connectivity index (χ2v) is 7.54. The van der Waals surface area contributed by atoms with Gasteiger partial charge in [-0.3, -0.25) is 4.79 Å². The maximum atomic E-state index is 12.5. The van der Waals surface area contributed by atoms with Crippen LogP contribution in [0.25, 0.3) is 15.5 Å². The van der Waals surface area contributed by atoms with Crippen LogP contribution < -0.4 is 14.8 Å². The predicted molar refractivity (Wildman–Crippen MR) is 115 cm³/mol. The van der Waals surface area contributed by atoms with Gasteiger partial charge >= 0.3 is 0 Å². The quantitative estimate of drug-likeness (QED) is 0.487. The molecule has 0 atom stereocenters. The molecule has 30 heavy (non-hydrogen) atoms. The second-order valence-electron chi connectivity index (χ2n) is 6.59. The molecule has 4 rings (SSSR count). The first kappa shape index (κ1) is 19.8. The van der Waals surface area contributed by atoms with Gasteiger partial charge in [-0.15, -0.1) is 10.2 Å². The number of aromatic nitrogens is 4. The van der Waals surface area contributed by atoms with E-state index in [1.54, 1.807) is 17.7 Å². The van der Waals surface area contributed by atoms with Gasteiger partial charge in [-0.2, -0.15) is 9.61 Å². The van der Waals surface area contributed by atoms with E-state index in [2.05, 4.69) is 20.6 Å². The molecule has 0 radical (unpaired) electrons. The van der Waals surface area contributed by atoms with Gasteiger partial charge in [0.15, 0.2) is 12.4 Å². The molecular weight excluding hydrogens is 402 g/mol. The summed E-state index contributed by atoms with van der Waals surface area (Å²) in [7, 11) is 1.56. The SMILES string of the molecule is CCc1nnc2sc(-c3ccc(OC)c(NC(=O)COc4ccccc4C)c3)nn12. The van der Waals surface area contributed by atoms with Crippen LogP contribution in [0.3, 0.4) is 0 Å². The number of ether oxygens (including phenoxy) is 2. The summed E-state index contributed by atoms with van der Waals surface area (Å²) >= 11 is 1.44. The average molecular weight is 423 g/mol. The number of aryl methyl sites for hydroxylation is 2. The van der Waals surface area contributed by atoms with Gasteiger partial charge in [-0.05, 0) is 36.8 Å². The van der Waals surface area contributed by atoms with Crippen molar-refractivity contribution in [1.29, 1.82) is 0 Å². The molecule has 0 aliphatic carbocycles. The number of fused-ring (bicyclic) bond motifs is 1.